The summed E-state index contributed by atoms with van der Waals surface area (Å²) in [6.07, 6.45) is 2.98. The Hall–Kier alpha value is -1.10. The molecule has 5 nitrogen and oxygen atoms in total. The van der Waals surface area contributed by atoms with Crippen LogP contribution < -0.4 is 0 Å². The van der Waals surface area contributed by atoms with Crippen molar-refractivity contribution in [1.29, 1.82) is 0 Å². The normalized spacial score (nSPS) is 29.7. The lowest BCUT2D eigenvalue weighted by atomic mass is 9.99. The van der Waals surface area contributed by atoms with Gasteiger partial charge in [-0.1, -0.05) is 13.8 Å². The van der Waals surface area contributed by atoms with E-state index in [1.165, 1.54) is 0 Å². The van der Waals surface area contributed by atoms with E-state index in [-0.39, 0.29) is 18.4 Å². The Morgan fingerprint density at radius 1 is 1.11 bits per heavy atom. The average Bonchev–Trinajstić information content (AvgIpc) is 2.71. The fourth-order valence-electron chi connectivity index (χ4n) is 3.14. The summed E-state index contributed by atoms with van der Waals surface area (Å²) in [5.41, 5.74) is 0. The zero-order valence-corrected chi connectivity index (χ0v) is 11.8. The summed E-state index contributed by atoms with van der Waals surface area (Å²) in [5.74, 6) is 0.117. The number of carboxylic acids is 1. The SMILES string of the molecule is CC1CCN(C(=O)CN2CCC(C)C2C(=O)O)CC1. The molecule has 0 radical (unpaired) electrons. The lowest BCUT2D eigenvalue weighted by molar-refractivity contribution is -0.144. The van der Waals surface area contributed by atoms with Crippen molar-refractivity contribution in [2.24, 2.45) is 11.8 Å². The first kappa shape index (κ1) is 14.3. The molecular weight excluding hydrogens is 244 g/mol. The lowest BCUT2D eigenvalue weighted by Crippen LogP contribution is -2.47. The fraction of sp³-hybridized carbons (Fsp3) is 0.857. The molecular formula is C14H24N2O3. The molecule has 5 heteroatoms. The van der Waals surface area contributed by atoms with Crippen LogP contribution in [0.1, 0.15) is 33.1 Å². The van der Waals surface area contributed by atoms with E-state index >= 15 is 0 Å². The number of amides is 1. The molecule has 2 saturated heterocycles. The van der Waals surface area contributed by atoms with Gasteiger partial charge >= 0.3 is 5.97 Å². The molecule has 1 N–H and O–H groups in total. The van der Waals surface area contributed by atoms with Crippen molar-refractivity contribution in [2.45, 2.75) is 39.2 Å². The molecule has 0 bridgehead atoms. The van der Waals surface area contributed by atoms with E-state index in [1.807, 2.05) is 16.7 Å². The summed E-state index contributed by atoms with van der Waals surface area (Å²) in [4.78, 5) is 27.2. The molecule has 2 heterocycles. The molecule has 0 saturated carbocycles. The molecule has 2 aliphatic heterocycles. The molecule has 2 aliphatic rings. The van der Waals surface area contributed by atoms with E-state index in [0.717, 1.165) is 32.4 Å². The first-order valence-electron chi connectivity index (χ1n) is 7.23. The lowest BCUT2D eigenvalue weighted by Gasteiger charge is -2.32. The van der Waals surface area contributed by atoms with Gasteiger partial charge in [0, 0.05) is 13.1 Å². The standard InChI is InChI=1S/C14H24N2O3/c1-10-3-6-15(7-4-10)12(17)9-16-8-5-11(2)13(16)14(18)19/h10-11,13H,3-9H2,1-2H3,(H,18,19). The Bertz CT molecular complexity index is 351. The average molecular weight is 268 g/mol. The number of likely N-dealkylation sites (tertiary alicyclic amines) is 2. The van der Waals surface area contributed by atoms with Crippen LogP contribution in [0, 0.1) is 11.8 Å². The summed E-state index contributed by atoms with van der Waals surface area (Å²) in [5, 5.41) is 9.25. The van der Waals surface area contributed by atoms with Gasteiger partial charge in [-0.3, -0.25) is 14.5 Å². The van der Waals surface area contributed by atoms with Gasteiger partial charge in [-0.15, -0.1) is 0 Å². The number of carboxylic acid groups (broad SMARTS) is 1. The van der Waals surface area contributed by atoms with Crippen molar-refractivity contribution >= 4 is 11.9 Å². The van der Waals surface area contributed by atoms with Crippen molar-refractivity contribution in [1.82, 2.24) is 9.80 Å². The van der Waals surface area contributed by atoms with Crippen molar-refractivity contribution in [2.75, 3.05) is 26.2 Å². The molecule has 2 atom stereocenters. The minimum atomic E-state index is -0.801. The topological polar surface area (TPSA) is 60.9 Å². The largest absolute Gasteiger partial charge is 0.480 e. The minimum Gasteiger partial charge on any atom is -0.480 e. The van der Waals surface area contributed by atoms with Crippen molar-refractivity contribution in [3.05, 3.63) is 0 Å². The maximum absolute atomic E-state index is 12.2. The smallest absolute Gasteiger partial charge is 0.321 e. The number of hydrogen-bond donors (Lipinski definition) is 1. The summed E-state index contributed by atoms with van der Waals surface area (Å²) in [6.45, 7) is 6.78. The van der Waals surface area contributed by atoms with Gasteiger partial charge in [-0.2, -0.15) is 0 Å². The highest BCUT2D eigenvalue weighted by atomic mass is 16.4. The summed E-state index contributed by atoms with van der Waals surface area (Å²) in [6, 6.07) is -0.493. The van der Waals surface area contributed by atoms with Gasteiger partial charge in [-0.25, -0.2) is 0 Å². The molecule has 0 aromatic carbocycles. The van der Waals surface area contributed by atoms with Crippen LogP contribution >= 0.6 is 0 Å². The number of piperidine rings is 1. The first-order valence-corrected chi connectivity index (χ1v) is 7.23. The number of hydrogen-bond acceptors (Lipinski definition) is 3. The Morgan fingerprint density at radius 2 is 1.74 bits per heavy atom. The maximum atomic E-state index is 12.2. The highest BCUT2D eigenvalue weighted by Crippen LogP contribution is 2.24. The van der Waals surface area contributed by atoms with Gasteiger partial charge in [0.15, 0.2) is 0 Å². The first-order chi connectivity index (χ1) is 8.99. The van der Waals surface area contributed by atoms with Crippen LogP contribution in [0.15, 0.2) is 0 Å². The van der Waals surface area contributed by atoms with Crippen LogP contribution in [-0.2, 0) is 9.59 Å². The Kier molecular flexibility index (Phi) is 4.45. The molecule has 2 rings (SSSR count). The Morgan fingerprint density at radius 3 is 2.32 bits per heavy atom. The number of nitrogens with zero attached hydrogens (tertiary/aromatic N) is 2. The van der Waals surface area contributed by atoms with E-state index in [4.69, 9.17) is 0 Å². The molecule has 0 spiro atoms. The second-order valence-corrected chi connectivity index (χ2v) is 6.08. The van der Waals surface area contributed by atoms with Crippen molar-refractivity contribution in [3.63, 3.8) is 0 Å². The van der Waals surface area contributed by atoms with E-state index in [1.54, 1.807) is 0 Å². The van der Waals surface area contributed by atoms with Gasteiger partial charge in [-0.05, 0) is 37.6 Å². The molecule has 0 aromatic heterocycles. The molecule has 0 aromatic rings. The second-order valence-electron chi connectivity index (χ2n) is 6.08. The Balaban J connectivity index is 1.90. The summed E-state index contributed by atoms with van der Waals surface area (Å²) >= 11 is 0. The van der Waals surface area contributed by atoms with Gasteiger partial charge in [0.2, 0.25) is 5.91 Å². The fourth-order valence-corrected chi connectivity index (χ4v) is 3.14. The van der Waals surface area contributed by atoms with Gasteiger partial charge in [0.25, 0.3) is 0 Å². The van der Waals surface area contributed by atoms with Crippen LogP contribution in [0.2, 0.25) is 0 Å². The van der Waals surface area contributed by atoms with E-state index in [0.29, 0.717) is 12.5 Å². The third-order valence-corrected chi connectivity index (χ3v) is 4.53. The zero-order chi connectivity index (χ0) is 14.0. The second kappa shape index (κ2) is 5.90. The third-order valence-electron chi connectivity index (χ3n) is 4.53. The van der Waals surface area contributed by atoms with Crippen LogP contribution in [0.5, 0.6) is 0 Å². The van der Waals surface area contributed by atoms with Crippen LogP contribution in [0.25, 0.3) is 0 Å². The number of carbonyl (C=O) groups excluding carboxylic acids is 1. The number of carbonyl (C=O) groups is 2. The maximum Gasteiger partial charge on any atom is 0.321 e. The predicted octanol–water partition coefficient (Wildman–Crippen LogP) is 1.04. The summed E-state index contributed by atoms with van der Waals surface area (Å²) in [7, 11) is 0. The number of rotatable bonds is 3. The highest BCUT2D eigenvalue weighted by molar-refractivity contribution is 5.80. The molecule has 1 amide bonds. The van der Waals surface area contributed by atoms with Crippen LogP contribution in [-0.4, -0.2) is 59.0 Å². The monoisotopic (exact) mass is 268 g/mol. The predicted molar refractivity (Wildman–Crippen MR) is 71.8 cm³/mol. The van der Waals surface area contributed by atoms with Gasteiger partial charge in [0.1, 0.15) is 6.04 Å². The molecule has 2 fully saturated rings. The van der Waals surface area contributed by atoms with Gasteiger partial charge < -0.3 is 10.0 Å². The van der Waals surface area contributed by atoms with Crippen molar-refractivity contribution in [3.8, 4) is 0 Å². The Labute approximate surface area is 114 Å². The third kappa shape index (κ3) is 3.26. The quantitative estimate of drug-likeness (QED) is 0.831. The van der Waals surface area contributed by atoms with Crippen LogP contribution in [0.3, 0.4) is 0 Å². The molecule has 108 valence electrons. The van der Waals surface area contributed by atoms with Gasteiger partial charge in [0.05, 0.1) is 6.54 Å². The van der Waals surface area contributed by atoms with Crippen LogP contribution in [0.4, 0.5) is 0 Å². The van der Waals surface area contributed by atoms with E-state index < -0.39 is 12.0 Å². The van der Waals surface area contributed by atoms with E-state index in [2.05, 4.69) is 6.92 Å². The number of aliphatic carboxylic acids is 1. The molecule has 2 unspecified atom stereocenters. The molecule has 0 aliphatic carbocycles. The molecule has 19 heavy (non-hydrogen) atoms. The highest BCUT2D eigenvalue weighted by Gasteiger charge is 2.38. The zero-order valence-electron chi connectivity index (χ0n) is 11.8. The van der Waals surface area contributed by atoms with Crippen molar-refractivity contribution < 1.29 is 14.7 Å². The summed E-state index contributed by atoms with van der Waals surface area (Å²) < 4.78 is 0. The van der Waals surface area contributed by atoms with E-state index in [9.17, 15) is 14.7 Å². The minimum absolute atomic E-state index is 0.0900.